The Kier molecular flexibility index (Phi) is 5.66. The second kappa shape index (κ2) is 8.70. The number of pyridine rings is 2. The molecule has 0 spiro atoms. The first-order valence-corrected chi connectivity index (χ1v) is 9.90. The predicted octanol–water partition coefficient (Wildman–Crippen LogP) is 3.56. The summed E-state index contributed by atoms with van der Waals surface area (Å²) < 4.78 is 6.78. The molecule has 4 rings (SSSR count). The molecule has 0 atom stereocenters. The van der Waals surface area contributed by atoms with Crippen LogP contribution in [0.25, 0.3) is 0 Å². The van der Waals surface area contributed by atoms with Gasteiger partial charge < -0.3 is 9.84 Å². The van der Waals surface area contributed by atoms with Crippen LogP contribution in [0.2, 0.25) is 0 Å². The molecule has 0 aliphatic heterocycles. The predicted molar refractivity (Wildman–Crippen MR) is 109 cm³/mol. The van der Waals surface area contributed by atoms with Crippen molar-refractivity contribution < 1.29 is 9.32 Å². The van der Waals surface area contributed by atoms with Gasteiger partial charge in [0.15, 0.2) is 0 Å². The molecule has 0 aromatic carbocycles. The largest absolute Gasteiger partial charge is 0.361 e. The quantitative estimate of drug-likeness (QED) is 0.469. The maximum atomic E-state index is 12.9. The Hall–Kier alpha value is -3.46. The van der Waals surface area contributed by atoms with Crippen LogP contribution < -0.4 is 5.32 Å². The zero-order valence-electron chi connectivity index (χ0n) is 15.6. The third kappa shape index (κ3) is 4.69. The average molecular weight is 406 g/mol. The van der Waals surface area contributed by atoms with Crippen molar-refractivity contribution in [2.45, 2.75) is 24.2 Å². The minimum Gasteiger partial charge on any atom is -0.361 e. The third-order valence-corrected chi connectivity index (χ3v) is 5.08. The Morgan fingerprint density at radius 1 is 1.10 bits per heavy atom. The summed E-state index contributed by atoms with van der Waals surface area (Å²) in [4.78, 5) is 21.6. The number of nitrogens with one attached hydrogen (secondary N) is 1. The number of thioether (sulfide) groups is 1. The fourth-order valence-corrected chi connectivity index (χ4v) is 3.57. The maximum Gasteiger partial charge on any atom is 0.259 e. The number of aryl methyl sites for hydroxylation is 1. The van der Waals surface area contributed by atoms with Gasteiger partial charge in [0.25, 0.3) is 5.91 Å². The molecule has 0 radical (unpaired) electrons. The van der Waals surface area contributed by atoms with E-state index in [1.54, 1.807) is 41.5 Å². The lowest BCUT2D eigenvalue weighted by atomic mass is 10.2. The summed E-state index contributed by atoms with van der Waals surface area (Å²) >= 11 is 1.43. The molecule has 1 amide bonds. The van der Waals surface area contributed by atoms with Crippen molar-refractivity contribution in [3.63, 3.8) is 0 Å². The van der Waals surface area contributed by atoms with Gasteiger partial charge in [0.1, 0.15) is 16.6 Å². The van der Waals surface area contributed by atoms with Crippen molar-refractivity contribution in [1.82, 2.24) is 24.9 Å². The first-order chi connectivity index (χ1) is 14.2. The van der Waals surface area contributed by atoms with Crippen LogP contribution in [0.5, 0.6) is 0 Å². The summed E-state index contributed by atoms with van der Waals surface area (Å²) in [7, 11) is 0. The molecule has 9 heteroatoms. The van der Waals surface area contributed by atoms with E-state index in [4.69, 9.17) is 4.52 Å². The van der Waals surface area contributed by atoms with Gasteiger partial charge >= 0.3 is 0 Å². The number of carbonyl (C=O) groups is 1. The lowest BCUT2D eigenvalue weighted by Gasteiger charge is -2.10. The lowest BCUT2D eigenvalue weighted by Crippen LogP contribution is -2.17. The van der Waals surface area contributed by atoms with Crippen LogP contribution in [0.1, 0.15) is 27.5 Å². The van der Waals surface area contributed by atoms with Crippen molar-refractivity contribution in [1.29, 1.82) is 0 Å². The van der Waals surface area contributed by atoms with Crippen molar-refractivity contribution in [3.05, 3.63) is 83.8 Å². The molecule has 0 aliphatic rings. The number of hydrogen-bond donors (Lipinski definition) is 1. The summed E-state index contributed by atoms with van der Waals surface area (Å²) in [6, 6.07) is 12.8. The lowest BCUT2D eigenvalue weighted by molar-refractivity contribution is 0.102. The minimum atomic E-state index is -0.250. The Morgan fingerprint density at radius 3 is 2.79 bits per heavy atom. The van der Waals surface area contributed by atoms with Crippen molar-refractivity contribution >= 4 is 23.5 Å². The van der Waals surface area contributed by atoms with Crippen LogP contribution in [0.3, 0.4) is 0 Å². The molecule has 4 heterocycles. The van der Waals surface area contributed by atoms with Crippen molar-refractivity contribution in [2.24, 2.45) is 0 Å². The molecule has 4 aromatic rings. The summed E-state index contributed by atoms with van der Waals surface area (Å²) in [6.45, 7) is 2.30. The summed E-state index contributed by atoms with van der Waals surface area (Å²) in [5.41, 5.74) is 2.15. The second-order valence-electron chi connectivity index (χ2n) is 6.22. The first-order valence-electron chi connectivity index (χ1n) is 8.92. The van der Waals surface area contributed by atoms with E-state index in [2.05, 4.69) is 25.5 Å². The molecule has 0 fully saturated rings. The maximum absolute atomic E-state index is 12.9. The molecule has 0 bridgehead atoms. The SMILES string of the molecule is Cc1cc(CSc2ncccc2C(=O)Nc2ccnn2Cc2ccccn2)no1. The van der Waals surface area contributed by atoms with Crippen LogP contribution in [-0.4, -0.2) is 30.8 Å². The fourth-order valence-electron chi connectivity index (χ4n) is 2.70. The molecule has 0 saturated carbocycles. The number of rotatable bonds is 7. The highest BCUT2D eigenvalue weighted by atomic mass is 32.2. The molecule has 0 saturated heterocycles. The fraction of sp³-hybridized carbons (Fsp3) is 0.150. The Labute approximate surface area is 171 Å². The average Bonchev–Trinajstić information content (AvgIpc) is 3.36. The molecular weight excluding hydrogens is 388 g/mol. The Morgan fingerprint density at radius 2 is 2.00 bits per heavy atom. The summed E-state index contributed by atoms with van der Waals surface area (Å²) in [6.07, 6.45) is 5.04. The topological polar surface area (TPSA) is 98.7 Å². The van der Waals surface area contributed by atoms with Gasteiger partial charge in [-0.1, -0.05) is 23.0 Å². The molecular formula is C20H18N6O2S. The van der Waals surface area contributed by atoms with E-state index in [9.17, 15) is 4.79 Å². The number of aromatic nitrogens is 5. The van der Waals surface area contributed by atoms with Crippen molar-refractivity contribution in [2.75, 3.05) is 5.32 Å². The second-order valence-corrected chi connectivity index (χ2v) is 7.19. The van der Waals surface area contributed by atoms with E-state index in [0.29, 0.717) is 28.7 Å². The van der Waals surface area contributed by atoms with E-state index in [0.717, 1.165) is 17.1 Å². The van der Waals surface area contributed by atoms with Crippen LogP contribution >= 0.6 is 11.8 Å². The highest BCUT2D eigenvalue weighted by molar-refractivity contribution is 7.98. The van der Waals surface area contributed by atoms with Crippen LogP contribution in [0.15, 0.2) is 70.6 Å². The van der Waals surface area contributed by atoms with Gasteiger partial charge in [-0.15, -0.1) is 0 Å². The van der Waals surface area contributed by atoms with Gasteiger partial charge in [0.05, 0.1) is 29.7 Å². The highest BCUT2D eigenvalue weighted by Crippen LogP contribution is 2.25. The summed E-state index contributed by atoms with van der Waals surface area (Å²) in [5, 5.41) is 11.8. The number of anilines is 1. The van der Waals surface area contributed by atoms with Gasteiger partial charge in [0.2, 0.25) is 0 Å². The van der Waals surface area contributed by atoms with E-state index in [-0.39, 0.29) is 5.91 Å². The highest BCUT2D eigenvalue weighted by Gasteiger charge is 2.16. The van der Waals surface area contributed by atoms with Gasteiger partial charge in [-0.3, -0.25) is 9.78 Å². The first kappa shape index (κ1) is 18.9. The van der Waals surface area contributed by atoms with E-state index in [1.807, 2.05) is 31.2 Å². The number of amides is 1. The molecule has 0 unspecified atom stereocenters. The van der Waals surface area contributed by atoms with Crippen LogP contribution in [0, 0.1) is 6.92 Å². The number of nitrogens with zero attached hydrogens (tertiary/aromatic N) is 5. The zero-order valence-corrected chi connectivity index (χ0v) is 16.5. The van der Waals surface area contributed by atoms with Gasteiger partial charge in [-0.25, -0.2) is 9.67 Å². The standard InChI is InChI=1S/C20H18N6O2S/c1-14-11-16(25-28-14)13-29-20-17(6-4-9-22-20)19(27)24-18-7-10-23-26(18)12-15-5-2-3-8-21-15/h2-11H,12-13H2,1H3,(H,24,27). The van der Waals surface area contributed by atoms with E-state index < -0.39 is 0 Å². The monoisotopic (exact) mass is 406 g/mol. The molecule has 146 valence electrons. The Bertz CT molecular complexity index is 1110. The van der Waals surface area contributed by atoms with Crippen molar-refractivity contribution in [3.8, 4) is 0 Å². The van der Waals surface area contributed by atoms with Crippen LogP contribution in [-0.2, 0) is 12.3 Å². The molecule has 4 aromatic heterocycles. The Balaban J connectivity index is 1.47. The number of carbonyl (C=O) groups excluding carboxylic acids is 1. The number of hydrogen-bond acceptors (Lipinski definition) is 7. The molecule has 1 N–H and O–H groups in total. The molecule has 0 aliphatic carbocycles. The van der Waals surface area contributed by atoms with Gasteiger partial charge in [0, 0.05) is 30.3 Å². The minimum absolute atomic E-state index is 0.250. The summed E-state index contributed by atoms with van der Waals surface area (Å²) in [5.74, 6) is 1.65. The van der Waals surface area contributed by atoms with Gasteiger partial charge in [-0.2, -0.15) is 5.10 Å². The zero-order chi connectivity index (χ0) is 20.1. The molecule has 29 heavy (non-hydrogen) atoms. The van der Waals surface area contributed by atoms with E-state index >= 15 is 0 Å². The smallest absolute Gasteiger partial charge is 0.259 e. The normalized spacial score (nSPS) is 10.8. The van der Waals surface area contributed by atoms with Crippen LogP contribution in [0.4, 0.5) is 5.82 Å². The van der Waals surface area contributed by atoms with E-state index in [1.165, 1.54) is 11.8 Å². The molecule has 8 nitrogen and oxygen atoms in total. The van der Waals surface area contributed by atoms with Gasteiger partial charge in [-0.05, 0) is 31.2 Å². The third-order valence-electron chi connectivity index (χ3n) is 4.05.